The summed E-state index contributed by atoms with van der Waals surface area (Å²) in [6.45, 7) is 0. The van der Waals surface area contributed by atoms with Crippen LogP contribution >= 0.6 is 11.8 Å². The van der Waals surface area contributed by atoms with E-state index in [9.17, 15) is 4.79 Å². The number of benzene rings is 2. The van der Waals surface area contributed by atoms with Crippen molar-refractivity contribution in [2.75, 3.05) is 17.3 Å². The number of nitrogens with one attached hydrogen (secondary N) is 1. The van der Waals surface area contributed by atoms with Crippen molar-refractivity contribution in [1.82, 2.24) is 9.97 Å². The van der Waals surface area contributed by atoms with Crippen molar-refractivity contribution in [2.45, 2.75) is 4.90 Å². The van der Waals surface area contributed by atoms with Crippen molar-refractivity contribution in [3.63, 3.8) is 0 Å². The van der Waals surface area contributed by atoms with Crippen molar-refractivity contribution >= 4 is 29.0 Å². The Kier molecular flexibility index (Phi) is 4.77. The predicted molar refractivity (Wildman–Crippen MR) is 98.1 cm³/mol. The SMILES string of the molecule is CSc1ccc(C(=O)Nc2cc(-c3cncnc3)ccc2N)cc1. The molecule has 0 spiro atoms. The Labute approximate surface area is 144 Å². The van der Waals surface area contributed by atoms with Crippen molar-refractivity contribution < 1.29 is 4.79 Å². The predicted octanol–water partition coefficient (Wildman–Crippen LogP) is 3.70. The summed E-state index contributed by atoms with van der Waals surface area (Å²) in [5.41, 5.74) is 9.39. The first-order valence-electron chi connectivity index (χ1n) is 7.27. The number of thioether (sulfide) groups is 1. The third-order valence-electron chi connectivity index (χ3n) is 3.55. The van der Waals surface area contributed by atoms with E-state index in [2.05, 4.69) is 15.3 Å². The number of nitrogens with two attached hydrogens (primary N) is 1. The summed E-state index contributed by atoms with van der Waals surface area (Å²) < 4.78 is 0. The molecule has 1 heterocycles. The number of carbonyl (C=O) groups excluding carboxylic acids is 1. The highest BCUT2D eigenvalue weighted by Crippen LogP contribution is 2.27. The molecule has 3 rings (SSSR count). The summed E-state index contributed by atoms with van der Waals surface area (Å²) in [5.74, 6) is -0.198. The lowest BCUT2D eigenvalue weighted by atomic mass is 10.1. The van der Waals surface area contributed by atoms with E-state index in [1.165, 1.54) is 6.33 Å². The number of nitrogens with zero attached hydrogens (tertiary/aromatic N) is 2. The number of hydrogen-bond acceptors (Lipinski definition) is 5. The summed E-state index contributed by atoms with van der Waals surface area (Å²) in [6.07, 6.45) is 6.90. The fraction of sp³-hybridized carbons (Fsp3) is 0.0556. The Morgan fingerprint density at radius 3 is 2.42 bits per heavy atom. The molecule has 0 atom stereocenters. The van der Waals surface area contributed by atoms with E-state index >= 15 is 0 Å². The summed E-state index contributed by atoms with van der Waals surface area (Å²) >= 11 is 1.63. The topological polar surface area (TPSA) is 80.9 Å². The number of anilines is 2. The molecule has 24 heavy (non-hydrogen) atoms. The molecule has 0 aliphatic carbocycles. The van der Waals surface area contributed by atoms with Crippen LogP contribution in [-0.2, 0) is 0 Å². The molecule has 0 aliphatic rings. The maximum Gasteiger partial charge on any atom is 0.255 e. The third kappa shape index (κ3) is 3.55. The first-order chi connectivity index (χ1) is 11.7. The van der Waals surface area contributed by atoms with Crippen LogP contribution in [0.2, 0.25) is 0 Å². The number of carbonyl (C=O) groups is 1. The molecule has 3 aromatic rings. The molecule has 0 saturated carbocycles. The molecule has 0 unspecified atom stereocenters. The molecule has 1 aromatic heterocycles. The molecule has 0 radical (unpaired) electrons. The minimum atomic E-state index is -0.198. The zero-order valence-corrected chi connectivity index (χ0v) is 13.9. The van der Waals surface area contributed by atoms with E-state index in [1.54, 1.807) is 42.4 Å². The van der Waals surface area contributed by atoms with Gasteiger partial charge in [-0.1, -0.05) is 6.07 Å². The van der Waals surface area contributed by atoms with Gasteiger partial charge in [0.25, 0.3) is 5.91 Å². The fourth-order valence-corrected chi connectivity index (χ4v) is 2.64. The minimum Gasteiger partial charge on any atom is -0.397 e. The van der Waals surface area contributed by atoms with Crippen LogP contribution in [0.3, 0.4) is 0 Å². The van der Waals surface area contributed by atoms with Crippen molar-refractivity contribution in [3.8, 4) is 11.1 Å². The zero-order chi connectivity index (χ0) is 16.9. The van der Waals surface area contributed by atoms with Crippen LogP contribution < -0.4 is 11.1 Å². The average molecular weight is 336 g/mol. The number of hydrogen-bond donors (Lipinski definition) is 2. The second-order valence-electron chi connectivity index (χ2n) is 5.11. The first-order valence-corrected chi connectivity index (χ1v) is 8.50. The van der Waals surface area contributed by atoms with Crippen LogP contribution in [0.1, 0.15) is 10.4 Å². The van der Waals surface area contributed by atoms with Crippen LogP contribution in [0.25, 0.3) is 11.1 Å². The molecule has 120 valence electrons. The van der Waals surface area contributed by atoms with Gasteiger partial charge in [-0.25, -0.2) is 9.97 Å². The lowest BCUT2D eigenvalue weighted by Crippen LogP contribution is -2.13. The Morgan fingerprint density at radius 2 is 1.75 bits per heavy atom. The van der Waals surface area contributed by atoms with Crippen LogP contribution in [0.15, 0.2) is 66.1 Å². The molecule has 0 aliphatic heterocycles. The second-order valence-corrected chi connectivity index (χ2v) is 5.99. The highest BCUT2D eigenvalue weighted by Gasteiger charge is 2.10. The highest BCUT2D eigenvalue weighted by atomic mass is 32.2. The van der Waals surface area contributed by atoms with E-state index in [0.717, 1.165) is 16.0 Å². The monoisotopic (exact) mass is 336 g/mol. The lowest BCUT2D eigenvalue weighted by Gasteiger charge is -2.11. The van der Waals surface area contributed by atoms with Crippen LogP contribution in [0.5, 0.6) is 0 Å². The van der Waals surface area contributed by atoms with Gasteiger partial charge in [-0.05, 0) is 48.2 Å². The van der Waals surface area contributed by atoms with Gasteiger partial charge in [0.05, 0.1) is 11.4 Å². The van der Waals surface area contributed by atoms with Gasteiger partial charge in [0.2, 0.25) is 0 Å². The molecule has 5 nitrogen and oxygen atoms in total. The summed E-state index contributed by atoms with van der Waals surface area (Å²) in [7, 11) is 0. The van der Waals surface area contributed by atoms with E-state index in [-0.39, 0.29) is 5.91 Å². The molecule has 0 bridgehead atoms. The van der Waals surface area contributed by atoms with E-state index in [1.807, 2.05) is 30.5 Å². The number of nitrogen functional groups attached to an aromatic ring is 1. The van der Waals surface area contributed by atoms with E-state index in [0.29, 0.717) is 16.9 Å². The van der Waals surface area contributed by atoms with Crippen molar-refractivity contribution in [2.24, 2.45) is 0 Å². The average Bonchev–Trinajstić information content (AvgIpc) is 2.64. The molecule has 0 fully saturated rings. The van der Waals surface area contributed by atoms with Crippen molar-refractivity contribution in [3.05, 3.63) is 66.7 Å². The van der Waals surface area contributed by atoms with Crippen LogP contribution in [0.4, 0.5) is 11.4 Å². The van der Waals surface area contributed by atoms with Crippen LogP contribution in [-0.4, -0.2) is 22.1 Å². The van der Waals surface area contributed by atoms with Gasteiger partial charge < -0.3 is 11.1 Å². The Morgan fingerprint density at radius 1 is 1.04 bits per heavy atom. The third-order valence-corrected chi connectivity index (χ3v) is 4.29. The van der Waals surface area contributed by atoms with Gasteiger partial charge in [-0.15, -0.1) is 11.8 Å². The Balaban J connectivity index is 1.85. The number of rotatable bonds is 4. The lowest BCUT2D eigenvalue weighted by molar-refractivity contribution is 0.102. The maximum atomic E-state index is 12.4. The first kappa shape index (κ1) is 16.0. The maximum absolute atomic E-state index is 12.4. The van der Waals surface area contributed by atoms with E-state index in [4.69, 9.17) is 5.73 Å². The summed E-state index contributed by atoms with van der Waals surface area (Å²) in [5, 5.41) is 2.86. The van der Waals surface area contributed by atoms with Gasteiger partial charge in [-0.3, -0.25) is 4.79 Å². The van der Waals surface area contributed by atoms with E-state index < -0.39 is 0 Å². The van der Waals surface area contributed by atoms with Gasteiger partial charge in [0.15, 0.2) is 0 Å². The molecule has 3 N–H and O–H groups in total. The Bertz CT molecular complexity index is 851. The molecule has 6 heteroatoms. The van der Waals surface area contributed by atoms with Crippen LogP contribution in [0, 0.1) is 0 Å². The molecular weight excluding hydrogens is 320 g/mol. The standard InChI is InChI=1S/C18H16N4OS/c1-24-15-5-2-12(3-6-15)18(23)22-17-8-13(4-7-16(17)19)14-9-20-11-21-10-14/h2-11H,19H2,1H3,(H,22,23). The summed E-state index contributed by atoms with van der Waals surface area (Å²) in [6, 6.07) is 12.9. The fourth-order valence-electron chi connectivity index (χ4n) is 2.23. The molecule has 2 aromatic carbocycles. The molecular formula is C18H16N4OS. The summed E-state index contributed by atoms with van der Waals surface area (Å²) in [4.78, 5) is 21.5. The number of aromatic nitrogens is 2. The largest absolute Gasteiger partial charge is 0.397 e. The van der Waals surface area contributed by atoms with Gasteiger partial charge in [-0.2, -0.15) is 0 Å². The normalized spacial score (nSPS) is 10.4. The number of amides is 1. The van der Waals surface area contributed by atoms with Gasteiger partial charge in [0, 0.05) is 28.4 Å². The highest BCUT2D eigenvalue weighted by molar-refractivity contribution is 7.98. The molecule has 0 saturated heterocycles. The quantitative estimate of drug-likeness (QED) is 0.561. The zero-order valence-electron chi connectivity index (χ0n) is 13.1. The Hall–Kier alpha value is -2.86. The van der Waals surface area contributed by atoms with Gasteiger partial charge >= 0.3 is 0 Å². The minimum absolute atomic E-state index is 0.198. The smallest absolute Gasteiger partial charge is 0.255 e. The van der Waals surface area contributed by atoms with Gasteiger partial charge in [0.1, 0.15) is 6.33 Å². The second kappa shape index (κ2) is 7.14. The van der Waals surface area contributed by atoms with Crippen molar-refractivity contribution in [1.29, 1.82) is 0 Å². The molecule has 1 amide bonds.